The summed E-state index contributed by atoms with van der Waals surface area (Å²) in [6, 6.07) is 0. The minimum atomic E-state index is -0.289. The number of hydrogen-bond acceptors (Lipinski definition) is 3. The average molecular weight is 270 g/mol. The molecule has 0 aromatic carbocycles. The van der Waals surface area contributed by atoms with Gasteiger partial charge in [0, 0.05) is 13.3 Å². The van der Waals surface area contributed by atoms with Gasteiger partial charge in [0.1, 0.15) is 12.4 Å². The number of aldehydes is 1. The van der Waals surface area contributed by atoms with Crippen molar-refractivity contribution in [1.29, 1.82) is 0 Å². The molecule has 112 valence electrons. The van der Waals surface area contributed by atoms with Crippen molar-refractivity contribution in [2.75, 3.05) is 0 Å². The van der Waals surface area contributed by atoms with Crippen LogP contribution in [-0.2, 0) is 14.3 Å². The van der Waals surface area contributed by atoms with Crippen molar-refractivity contribution >= 4 is 12.3 Å². The Labute approximate surface area is 118 Å². The van der Waals surface area contributed by atoms with Crippen molar-refractivity contribution in [3.8, 4) is 0 Å². The molecule has 3 nitrogen and oxygen atoms in total. The van der Waals surface area contributed by atoms with Gasteiger partial charge in [-0.15, -0.1) is 0 Å². The Balaban J connectivity index is 3.39. The molecular weight excluding hydrogens is 240 g/mol. The molecule has 0 unspecified atom stereocenters. The fourth-order valence-electron chi connectivity index (χ4n) is 2.25. The van der Waals surface area contributed by atoms with Gasteiger partial charge in [0.15, 0.2) is 0 Å². The van der Waals surface area contributed by atoms with Crippen LogP contribution < -0.4 is 0 Å². The Morgan fingerprint density at radius 3 is 2.00 bits per heavy atom. The van der Waals surface area contributed by atoms with Gasteiger partial charge in [-0.3, -0.25) is 4.79 Å². The van der Waals surface area contributed by atoms with Gasteiger partial charge in [0.2, 0.25) is 0 Å². The number of unbranched alkanes of at least 4 members (excludes halogenated alkanes) is 8. The van der Waals surface area contributed by atoms with Crippen molar-refractivity contribution in [2.45, 2.75) is 90.6 Å². The second-order valence-corrected chi connectivity index (χ2v) is 5.25. The van der Waals surface area contributed by atoms with E-state index in [2.05, 4.69) is 6.92 Å². The summed E-state index contributed by atoms with van der Waals surface area (Å²) in [6.45, 7) is 3.63. The van der Waals surface area contributed by atoms with Gasteiger partial charge >= 0.3 is 5.97 Å². The van der Waals surface area contributed by atoms with Gasteiger partial charge in [-0.1, -0.05) is 58.3 Å². The second-order valence-electron chi connectivity index (χ2n) is 5.25. The zero-order valence-corrected chi connectivity index (χ0v) is 12.7. The molecule has 0 N–H and O–H groups in total. The number of hydrogen-bond donors (Lipinski definition) is 0. The largest absolute Gasteiger partial charge is 0.462 e. The SMILES string of the molecule is CCCCCCCCCCC[C@@H](CC=O)OC(C)=O. The van der Waals surface area contributed by atoms with Gasteiger partial charge in [-0.2, -0.15) is 0 Å². The molecule has 0 heterocycles. The predicted molar refractivity (Wildman–Crippen MR) is 78.1 cm³/mol. The molecule has 0 aromatic heterocycles. The first-order chi connectivity index (χ1) is 9.20. The van der Waals surface area contributed by atoms with E-state index in [1.807, 2.05) is 0 Å². The zero-order valence-electron chi connectivity index (χ0n) is 12.7. The molecule has 19 heavy (non-hydrogen) atoms. The van der Waals surface area contributed by atoms with E-state index in [0.717, 1.165) is 19.1 Å². The van der Waals surface area contributed by atoms with Gasteiger partial charge in [-0.25, -0.2) is 0 Å². The lowest BCUT2D eigenvalue weighted by Gasteiger charge is -2.13. The van der Waals surface area contributed by atoms with Crippen LogP contribution in [0.1, 0.15) is 84.5 Å². The number of rotatable bonds is 13. The topological polar surface area (TPSA) is 43.4 Å². The number of ether oxygens (including phenoxy) is 1. The van der Waals surface area contributed by atoms with E-state index in [1.165, 1.54) is 58.3 Å². The summed E-state index contributed by atoms with van der Waals surface area (Å²) in [7, 11) is 0. The first kappa shape index (κ1) is 18.1. The van der Waals surface area contributed by atoms with Crippen LogP contribution in [0.4, 0.5) is 0 Å². The summed E-state index contributed by atoms with van der Waals surface area (Å²) in [5.41, 5.74) is 0. The lowest BCUT2D eigenvalue weighted by molar-refractivity contribution is -0.147. The number of esters is 1. The summed E-state index contributed by atoms with van der Waals surface area (Å²) >= 11 is 0. The van der Waals surface area contributed by atoms with Crippen molar-refractivity contribution in [3.05, 3.63) is 0 Å². The van der Waals surface area contributed by atoms with Crippen molar-refractivity contribution in [3.63, 3.8) is 0 Å². The summed E-state index contributed by atoms with van der Waals surface area (Å²) in [4.78, 5) is 21.3. The zero-order chi connectivity index (χ0) is 14.3. The van der Waals surface area contributed by atoms with Crippen LogP contribution in [0.15, 0.2) is 0 Å². The Morgan fingerprint density at radius 2 is 1.53 bits per heavy atom. The van der Waals surface area contributed by atoms with Gasteiger partial charge in [0.05, 0.1) is 0 Å². The summed E-state index contributed by atoms with van der Waals surface area (Å²) in [5, 5.41) is 0. The van der Waals surface area contributed by atoms with Crippen molar-refractivity contribution in [1.82, 2.24) is 0 Å². The van der Waals surface area contributed by atoms with Crippen LogP contribution in [0.25, 0.3) is 0 Å². The molecule has 0 saturated carbocycles. The summed E-state index contributed by atoms with van der Waals surface area (Å²) in [5.74, 6) is -0.289. The number of carbonyl (C=O) groups is 2. The molecular formula is C16H30O3. The maximum absolute atomic E-state index is 10.9. The molecule has 0 spiro atoms. The Hall–Kier alpha value is -0.860. The third-order valence-electron chi connectivity index (χ3n) is 3.32. The third kappa shape index (κ3) is 13.4. The molecule has 0 aliphatic rings. The molecule has 0 saturated heterocycles. The Kier molecular flexibility index (Phi) is 13.0. The van der Waals surface area contributed by atoms with Crippen LogP contribution in [0.2, 0.25) is 0 Å². The van der Waals surface area contributed by atoms with Crippen molar-refractivity contribution < 1.29 is 14.3 Å². The first-order valence-electron chi connectivity index (χ1n) is 7.81. The fraction of sp³-hybridized carbons (Fsp3) is 0.875. The van der Waals surface area contributed by atoms with E-state index in [0.29, 0.717) is 6.42 Å². The average Bonchev–Trinajstić information content (AvgIpc) is 2.36. The molecule has 0 aliphatic heterocycles. The third-order valence-corrected chi connectivity index (χ3v) is 3.32. The highest BCUT2D eigenvalue weighted by Crippen LogP contribution is 2.13. The lowest BCUT2D eigenvalue weighted by Crippen LogP contribution is -2.16. The highest BCUT2D eigenvalue weighted by atomic mass is 16.5. The van der Waals surface area contributed by atoms with E-state index in [1.54, 1.807) is 0 Å². The normalized spacial score (nSPS) is 12.1. The minimum Gasteiger partial charge on any atom is -0.462 e. The second kappa shape index (κ2) is 13.6. The molecule has 0 aromatic rings. The molecule has 3 heteroatoms. The highest BCUT2D eigenvalue weighted by molar-refractivity contribution is 5.66. The van der Waals surface area contributed by atoms with E-state index in [9.17, 15) is 9.59 Å². The quantitative estimate of drug-likeness (QED) is 0.282. The van der Waals surface area contributed by atoms with Gasteiger partial charge in [0.25, 0.3) is 0 Å². The van der Waals surface area contributed by atoms with Crippen LogP contribution >= 0.6 is 0 Å². The monoisotopic (exact) mass is 270 g/mol. The Bertz CT molecular complexity index is 226. The maximum Gasteiger partial charge on any atom is 0.302 e. The van der Waals surface area contributed by atoms with Gasteiger partial charge in [-0.05, 0) is 12.8 Å². The minimum absolute atomic E-state index is 0.209. The molecule has 0 fully saturated rings. The molecule has 0 rings (SSSR count). The van der Waals surface area contributed by atoms with Crippen molar-refractivity contribution in [2.24, 2.45) is 0 Å². The molecule has 0 bridgehead atoms. The molecule has 0 radical (unpaired) electrons. The van der Waals surface area contributed by atoms with Crippen LogP contribution in [0.3, 0.4) is 0 Å². The van der Waals surface area contributed by atoms with E-state index < -0.39 is 0 Å². The van der Waals surface area contributed by atoms with Gasteiger partial charge < -0.3 is 9.53 Å². The number of carbonyl (C=O) groups excluding carboxylic acids is 2. The molecule has 0 amide bonds. The molecule has 0 aliphatic carbocycles. The van der Waals surface area contributed by atoms with E-state index in [-0.39, 0.29) is 12.1 Å². The lowest BCUT2D eigenvalue weighted by atomic mass is 10.0. The van der Waals surface area contributed by atoms with Crippen LogP contribution in [0, 0.1) is 0 Å². The highest BCUT2D eigenvalue weighted by Gasteiger charge is 2.10. The standard InChI is InChI=1S/C16H30O3/c1-3-4-5-6-7-8-9-10-11-12-16(13-14-17)19-15(2)18/h14,16H,3-13H2,1-2H3/t16-/m0/s1. The van der Waals surface area contributed by atoms with E-state index in [4.69, 9.17) is 4.74 Å². The predicted octanol–water partition coefficient (Wildman–Crippen LogP) is 4.43. The van der Waals surface area contributed by atoms with Crippen LogP contribution in [0.5, 0.6) is 0 Å². The Morgan fingerprint density at radius 1 is 1.00 bits per heavy atom. The first-order valence-corrected chi connectivity index (χ1v) is 7.81. The smallest absolute Gasteiger partial charge is 0.302 e. The van der Waals surface area contributed by atoms with E-state index >= 15 is 0 Å². The maximum atomic E-state index is 10.9. The molecule has 1 atom stereocenters. The summed E-state index contributed by atoms with van der Waals surface area (Å²) < 4.78 is 5.09. The summed E-state index contributed by atoms with van der Waals surface area (Å²) in [6.07, 6.45) is 13.2. The van der Waals surface area contributed by atoms with Crippen LogP contribution in [-0.4, -0.2) is 18.4 Å². The fourth-order valence-corrected chi connectivity index (χ4v) is 2.25.